The van der Waals surface area contributed by atoms with Crippen LogP contribution in [0, 0.1) is 0 Å². The quantitative estimate of drug-likeness (QED) is 0.511. The third-order valence-corrected chi connectivity index (χ3v) is 5.83. The molecule has 0 saturated carbocycles. The number of thioether (sulfide) groups is 1. The van der Waals surface area contributed by atoms with Crippen LogP contribution in [-0.2, 0) is 4.79 Å². The fourth-order valence-electron chi connectivity index (χ4n) is 2.62. The van der Waals surface area contributed by atoms with E-state index in [2.05, 4.69) is 16.6 Å². The number of aliphatic imine (C=N–C) groups is 1. The van der Waals surface area contributed by atoms with Crippen LogP contribution >= 0.6 is 23.1 Å². The molecular formula is C20H15N3O2S2. The number of hydrogen-bond donors (Lipinski definition) is 1. The first-order valence-electron chi connectivity index (χ1n) is 8.20. The van der Waals surface area contributed by atoms with Crippen LogP contribution < -0.4 is 0 Å². The summed E-state index contributed by atoms with van der Waals surface area (Å²) in [6.07, 6.45) is 3.34. The van der Waals surface area contributed by atoms with Gasteiger partial charge in [0.2, 0.25) is 5.13 Å². The molecule has 134 valence electrons. The molecule has 2 aromatic carbocycles. The zero-order valence-corrected chi connectivity index (χ0v) is 15.8. The van der Waals surface area contributed by atoms with E-state index in [1.165, 1.54) is 23.1 Å². The summed E-state index contributed by atoms with van der Waals surface area (Å²) < 4.78 is 1.05. The molecule has 1 fully saturated rings. The summed E-state index contributed by atoms with van der Waals surface area (Å²) in [5.74, 6) is -0.0340. The van der Waals surface area contributed by atoms with E-state index in [0.29, 0.717) is 27.3 Å². The van der Waals surface area contributed by atoms with Crippen LogP contribution in [0.5, 0.6) is 5.75 Å². The lowest BCUT2D eigenvalue weighted by molar-refractivity contribution is -0.121. The lowest BCUT2D eigenvalue weighted by atomic mass is 10.2. The number of amidine groups is 1. The summed E-state index contributed by atoms with van der Waals surface area (Å²) in [5, 5.41) is 11.1. The van der Waals surface area contributed by atoms with Crippen molar-refractivity contribution in [2.75, 3.05) is 6.54 Å². The maximum Gasteiger partial charge on any atom is 0.267 e. The number of thiazole rings is 1. The highest BCUT2D eigenvalue weighted by Crippen LogP contribution is 2.36. The minimum absolute atomic E-state index is 0.130. The molecule has 2 heterocycles. The van der Waals surface area contributed by atoms with Gasteiger partial charge in [0, 0.05) is 12.1 Å². The first-order chi connectivity index (χ1) is 13.2. The number of amides is 1. The topological polar surface area (TPSA) is 65.8 Å². The number of hydrogen-bond acceptors (Lipinski definition) is 6. The summed E-state index contributed by atoms with van der Waals surface area (Å²) in [4.78, 5) is 24.0. The summed E-state index contributed by atoms with van der Waals surface area (Å²) in [6, 6.07) is 14.7. The molecule has 4 rings (SSSR count). The van der Waals surface area contributed by atoms with Crippen molar-refractivity contribution < 1.29 is 9.90 Å². The molecule has 0 radical (unpaired) electrons. The molecule has 27 heavy (non-hydrogen) atoms. The summed E-state index contributed by atoms with van der Waals surface area (Å²) in [7, 11) is 0. The summed E-state index contributed by atoms with van der Waals surface area (Å²) in [5.41, 5.74) is 1.48. The van der Waals surface area contributed by atoms with Gasteiger partial charge in [0.15, 0.2) is 5.17 Å². The predicted molar refractivity (Wildman–Crippen MR) is 112 cm³/mol. The van der Waals surface area contributed by atoms with Gasteiger partial charge in [0.05, 0.1) is 15.1 Å². The fraction of sp³-hybridized carbons (Fsp3) is 0.0500. The van der Waals surface area contributed by atoms with Crippen LogP contribution in [0.2, 0.25) is 0 Å². The molecule has 1 saturated heterocycles. The van der Waals surface area contributed by atoms with Gasteiger partial charge in [-0.05, 0) is 36.0 Å². The molecule has 1 aliphatic heterocycles. The molecule has 0 spiro atoms. The normalized spacial score (nSPS) is 17.3. The number of aromatic nitrogens is 1. The van der Waals surface area contributed by atoms with Crippen LogP contribution in [0.25, 0.3) is 16.3 Å². The number of rotatable bonds is 4. The summed E-state index contributed by atoms with van der Waals surface area (Å²) in [6.45, 7) is 4.08. The van der Waals surface area contributed by atoms with Crippen LogP contribution in [0.3, 0.4) is 0 Å². The van der Waals surface area contributed by atoms with Crippen LogP contribution in [0.4, 0.5) is 5.13 Å². The Morgan fingerprint density at radius 1 is 1.19 bits per heavy atom. The highest BCUT2D eigenvalue weighted by Gasteiger charge is 2.33. The lowest BCUT2D eigenvalue weighted by Gasteiger charge is -2.11. The Hall–Kier alpha value is -2.90. The Balaban J connectivity index is 1.72. The van der Waals surface area contributed by atoms with Crippen LogP contribution in [0.1, 0.15) is 5.56 Å². The molecule has 3 aromatic rings. The molecule has 1 N–H and O–H groups in total. The second kappa shape index (κ2) is 7.38. The molecular weight excluding hydrogens is 378 g/mol. The Kier molecular flexibility index (Phi) is 4.79. The third-order valence-electron chi connectivity index (χ3n) is 3.90. The van der Waals surface area contributed by atoms with E-state index in [-0.39, 0.29) is 11.7 Å². The number of benzene rings is 2. The minimum Gasteiger partial charge on any atom is -0.507 e. The molecule has 0 unspecified atom stereocenters. The van der Waals surface area contributed by atoms with Crippen molar-refractivity contribution in [1.29, 1.82) is 0 Å². The predicted octanol–water partition coefficient (Wildman–Crippen LogP) is 4.79. The van der Waals surface area contributed by atoms with Gasteiger partial charge in [-0.25, -0.2) is 4.98 Å². The van der Waals surface area contributed by atoms with E-state index in [4.69, 9.17) is 0 Å². The average Bonchev–Trinajstić information content (AvgIpc) is 3.20. The van der Waals surface area contributed by atoms with Crippen molar-refractivity contribution in [2.24, 2.45) is 4.99 Å². The van der Waals surface area contributed by atoms with Gasteiger partial charge >= 0.3 is 0 Å². The maximum absolute atomic E-state index is 12.8. The third kappa shape index (κ3) is 3.51. The van der Waals surface area contributed by atoms with Gasteiger partial charge in [0.1, 0.15) is 5.75 Å². The van der Waals surface area contributed by atoms with E-state index in [1.807, 2.05) is 30.3 Å². The van der Waals surface area contributed by atoms with Gasteiger partial charge in [-0.2, -0.15) is 4.99 Å². The number of para-hydroxylation sites is 2. The first kappa shape index (κ1) is 17.5. The molecule has 0 aliphatic carbocycles. The van der Waals surface area contributed by atoms with Crippen molar-refractivity contribution >= 4 is 55.6 Å². The highest BCUT2D eigenvalue weighted by atomic mass is 32.2. The molecule has 0 bridgehead atoms. The lowest BCUT2D eigenvalue weighted by Crippen LogP contribution is -2.29. The Morgan fingerprint density at radius 3 is 2.74 bits per heavy atom. The van der Waals surface area contributed by atoms with Crippen molar-refractivity contribution in [3.05, 3.63) is 71.7 Å². The molecule has 1 amide bonds. The number of phenols is 1. The zero-order valence-electron chi connectivity index (χ0n) is 14.2. The van der Waals surface area contributed by atoms with E-state index < -0.39 is 0 Å². The Morgan fingerprint density at radius 2 is 1.96 bits per heavy atom. The molecule has 7 heteroatoms. The number of phenolic OH excluding ortho intramolecular Hbond substituents is 1. The van der Waals surface area contributed by atoms with Crippen LogP contribution in [-0.4, -0.2) is 32.6 Å². The van der Waals surface area contributed by atoms with Crippen LogP contribution in [0.15, 0.2) is 71.1 Å². The van der Waals surface area contributed by atoms with Gasteiger partial charge < -0.3 is 5.11 Å². The average molecular weight is 393 g/mol. The van der Waals surface area contributed by atoms with Gasteiger partial charge in [-0.15, -0.1) is 6.58 Å². The van der Waals surface area contributed by atoms with E-state index in [9.17, 15) is 9.90 Å². The number of aromatic hydroxyl groups is 1. The number of carbonyl (C=O) groups is 1. The van der Waals surface area contributed by atoms with Gasteiger partial charge in [-0.1, -0.05) is 47.7 Å². The summed E-state index contributed by atoms with van der Waals surface area (Å²) >= 11 is 2.75. The highest BCUT2D eigenvalue weighted by molar-refractivity contribution is 8.18. The van der Waals surface area contributed by atoms with Crippen molar-refractivity contribution in [3.63, 3.8) is 0 Å². The zero-order chi connectivity index (χ0) is 18.8. The number of fused-ring (bicyclic) bond motifs is 1. The van der Waals surface area contributed by atoms with Gasteiger partial charge in [-0.3, -0.25) is 9.69 Å². The smallest absolute Gasteiger partial charge is 0.267 e. The minimum atomic E-state index is -0.164. The molecule has 1 aliphatic rings. The maximum atomic E-state index is 12.8. The second-order valence-corrected chi connectivity index (χ2v) is 7.75. The Bertz CT molecular complexity index is 1070. The van der Waals surface area contributed by atoms with Crippen molar-refractivity contribution in [3.8, 4) is 5.75 Å². The monoisotopic (exact) mass is 393 g/mol. The first-order valence-corrected chi connectivity index (χ1v) is 9.83. The second-order valence-electron chi connectivity index (χ2n) is 5.73. The van der Waals surface area contributed by atoms with E-state index in [0.717, 1.165) is 10.2 Å². The Labute approximate surface area is 164 Å². The largest absolute Gasteiger partial charge is 0.507 e. The SMILES string of the molecule is C=CCN1C(=O)/C(=C/c2ccccc2O)S/C1=N\c1nc2ccccc2s1. The van der Waals surface area contributed by atoms with E-state index >= 15 is 0 Å². The fourth-order valence-corrected chi connectivity index (χ4v) is 4.50. The molecule has 5 nitrogen and oxygen atoms in total. The molecule has 1 aromatic heterocycles. The van der Waals surface area contributed by atoms with Crippen molar-refractivity contribution in [1.82, 2.24) is 9.88 Å². The van der Waals surface area contributed by atoms with E-state index in [1.54, 1.807) is 35.3 Å². The molecule has 0 atom stereocenters. The number of nitrogens with zero attached hydrogens (tertiary/aromatic N) is 3. The number of carbonyl (C=O) groups excluding carboxylic acids is 1. The standard InChI is InChI=1S/C20H15N3O2S2/c1-2-11-23-18(25)17(12-13-7-3-5-9-15(13)24)27-20(23)22-19-21-14-8-4-6-10-16(14)26-19/h2-10,12,24H,1,11H2/b17-12-,22-20-. The van der Waals surface area contributed by atoms with Crippen molar-refractivity contribution in [2.45, 2.75) is 0 Å². The van der Waals surface area contributed by atoms with Gasteiger partial charge in [0.25, 0.3) is 5.91 Å².